The first-order valence-electron chi connectivity index (χ1n) is 8.20. The van der Waals surface area contributed by atoms with E-state index in [1.807, 2.05) is 13.8 Å². The monoisotopic (exact) mass is 346 g/mol. The molecule has 2 N–H and O–H groups in total. The second kappa shape index (κ2) is 8.36. The molecular weight excluding hydrogens is 324 g/mol. The molecule has 25 heavy (non-hydrogen) atoms. The predicted octanol–water partition coefficient (Wildman–Crippen LogP) is 1.04. The van der Waals surface area contributed by atoms with Crippen LogP contribution in [0.5, 0.6) is 0 Å². The minimum Gasteiger partial charge on any atom is -0.481 e. The Balaban J connectivity index is 1.93. The van der Waals surface area contributed by atoms with Crippen LogP contribution in [-0.4, -0.2) is 38.5 Å². The van der Waals surface area contributed by atoms with Gasteiger partial charge in [-0.1, -0.05) is 31.2 Å². The van der Waals surface area contributed by atoms with Crippen molar-refractivity contribution in [2.75, 3.05) is 6.54 Å². The van der Waals surface area contributed by atoms with Gasteiger partial charge in [0, 0.05) is 13.0 Å². The van der Waals surface area contributed by atoms with E-state index >= 15 is 0 Å². The zero-order valence-corrected chi connectivity index (χ0v) is 14.3. The average Bonchev–Trinajstić information content (AvgIpc) is 2.57. The van der Waals surface area contributed by atoms with Gasteiger partial charge in [0.2, 0.25) is 5.91 Å². The van der Waals surface area contributed by atoms with Crippen LogP contribution in [-0.2, 0) is 16.1 Å². The Kier molecular flexibility index (Phi) is 6.21. The minimum absolute atomic E-state index is 0.0287. The molecule has 8 heteroatoms. The fourth-order valence-electron chi connectivity index (χ4n) is 2.54. The van der Waals surface area contributed by atoms with Crippen LogP contribution < -0.4 is 10.9 Å². The van der Waals surface area contributed by atoms with Gasteiger partial charge in [0.25, 0.3) is 5.56 Å². The van der Waals surface area contributed by atoms with E-state index in [4.69, 9.17) is 5.11 Å². The normalized spacial score (nSPS) is 12.3. The summed E-state index contributed by atoms with van der Waals surface area (Å²) in [4.78, 5) is 35.4. The van der Waals surface area contributed by atoms with Crippen LogP contribution in [0.25, 0.3) is 10.9 Å². The van der Waals surface area contributed by atoms with Crippen molar-refractivity contribution >= 4 is 22.8 Å². The molecule has 0 aliphatic rings. The number of aliphatic carboxylic acids is 1. The van der Waals surface area contributed by atoms with Crippen molar-refractivity contribution in [3.05, 3.63) is 34.6 Å². The number of aryl methyl sites for hydroxylation is 1. The first kappa shape index (κ1) is 18.6. The Morgan fingerprint density at radius 2 is 2.00 bits per heavy atom. The van der Waals surface area contributed by atoms with E-state index in [1.54, 1.807) is 24.3 Å². The Hall–Kier alpha value is -2.77. The lowest BCUT2D eigenvalue weighted by molar-refractivity contribution is -0.142. The lowest BCUT2D eigenvalue weighted by atomic mass is 9.97. The number of carbonyl (C=O) groups is 2. The molecule has 8 nitrogen and oxygen atoms in total. The zero-order chi connectivity index (χ0) is 18.4. The van der Waals surface area contributed by atoms with Crippen LogP contribution >= 0.6 is 0 Å². The van der Waals surface area contributed by atoms with Crippen LogP contribution in [0.2, 0.25) is 0 Å². The highest BCUT2D eigenvalue weighted by molar-refractivity contribution is 5.78. The van der Waals surface area contributed by atoms with Gasteiger partial charge in [0.1, 0.15) is 5.52 Å². The summed E-state index contributed by atoms with van der Waals surface area (Å²) in [7, 11) is 0. The fraction of sp³-hybridized carbons (Fsp3) is 0.471. The molecule has 0 bridgehead atoms. The van der Waals surface area contributed by atoms with Gasteiger partial charge in [-0.15, -0.1) is 5.10 Å². The Labute approximate surface area is 144 Å². The van der Waals surface area contributed by atoms with Crippen molar-refractivity contribution in [2.24, 2.45) is 11.8 Å². The molecule has 1 heterocycles. The van der Waals surface area contributed by atoms with Gasteiger partial charge < -0.3 is 10.4 Å². The topological polar surface area (TPSA) is 114 Å². The number of hydrogen-bond donors (Lipinski definition) is 2. The van der Waals surface area contributed by atoms with E-state index in [2.05, 4.69) is 15.6 Å². The van der Waals surface area contributed by atoms with E-state index in [-0.39, 0.29) is 36.9 Å². The molecule has 2 rings (SSSR count). The van der Waals surface area contributed by atoms with Gasteiger partial charge in [0.15, 0.2) is 0 Å². The maximum atomic E-state index is 12.3. The first-order chi connectivity index (χ1) is 11.9. The molecule has 1 atom stereocenters. The number of carbonyl (C=O) groups excluding carboxylic acids is 1. The molecule has 1 aromatic heterocycles. The van der Waals surface area contributed by atoms with E-state index in [1.165, 1.54) is 0 Å². The van der Waals surface area contributed by atoms with Crippen LogP contribution in [0.3, 0.4) is 0 Å². The van der Waals surface area contributed by atoms with Crippen LogP contribution in [0.1, 0.15) is 26.7 Å². The van der Waals surface area contributed by atoms with E-state index in [0.717, 1.165) is 4.68 Å². The van der Waals surface area contributed by atoms with E-state index < -0.39 is 11.9 Å². The van der Waals surface area contributed by atoms with E-state index in [9.17, 15) is 14.4 Å². The molecule has 0 spiro atoms. The SMILES string of the molecule is CC(C)CC(CNC(=O)CCn1nnc2ccccc2c1=O)C(=O)O. The van der Waals surface area contributed by atoms with Crippen LogP contribution in [0, 0.1) is 11.8 Å². The van der Waals surface area contributed by atoms with Gasteiger partial charge in [-0.3, -0.25) is 14.4 Å². The summed E-state index contributed by atoms with van der Waals surface area (Å²) < 4.78 is 1.14. The third kappa shape index (κ3) is 5.10. The lowest BCUT2D eigenvalue weighted by Gasteiger charge is -2.15. The largest absolute Gasteiger partial charge is 0.481 e. The number of hydrogen-bond acceptors (Lipinski definition) is 5. The van der Waals surface area contributed by atoms with Gasteiger partial charge in [-0.05, 0) is 24.5 Å². The predicted molar refractivity (Wildman–Crippen MR) is 92.0 cm³/mol. The number of carboxylic acid groups (broad SMARTS) is 1. The minimum atomic E-state index is -0.925. The number of benzene rings is 1. The number of amides is 1. The standard InChI is InChI=1S/C17H22N4O4/c1-11(2)9-12(17(24)25)10-18-15(22)7-8-21-16(23)13-5-3-4-6-14(13)19-20-21/h3-6,11-12H,7-10H2,1-2H3,(H,18,22)(H,24,25). The molecule has 0 saturated heterocycles. The fourth-order valence-corrected chi connectivity index (χ4v) is 2.54. The lowest BCUT2D eigenvalue weighted by Crippen LogP contribution is -2.35. The summed E-state index contributed by atoms with van der Waals surface area (Å²) in [6, 6.07) is 6.86. The van der Waals surface area contributed by atoms with Crippen LogP contribution in [0.4, 0.5) is 0 Å². The molecule has 1 unspecified atom stereocenters. The molecule has 0 aliphatic carbocycles. The van der Waals surface area contributed by atoms with Crippen LogP contribution in [0.15, 0.2) is 29.1 Å². The smallest absolute Gasteiger partial charge is 0.308 e. The maximum absolute atomic E-state index is 12.3. The molecule has 0 radical (unpaired) electrons. The van der Waals surface area contributed by atoms with Gasteiger partial charge >= 0.3 is 5.97 Å². The number of carboxylic acids is 1. The van der Waals surface area contributed by atoms with Crippen molar-refractivity contribution in [1.29, 1.82) is 0 Å². The summed E-state index contributed by atoms with van der Waals surface area (Å²) in [5, 5.41) is 20.0. The Morgan fingerprint density at radius 1 is 1.28 bits per heavy atom. The highest BCUT2D eigenvalue weighted by atomic mass is 16.4. The highest BCUT2D eigenvalue weighted by Crippen LogP contribution is 2.11. The zero-order valence-electron chi connectivity index (χ0n) is 14.3. The second-order valence-corrected chi connectivity index (χ2v) is 6.35. The number of rotatable bonds is 8. The summed E-state index contributed by atoms with van der Waals surface area (Å²) in [5.74, 6) is -1.64. The van der Waals surface area contributed by atoms with Crippen molar-refractivity contribution in [3.63, 3.8) is 0 Å². The van der Waals surface area contributed by atoms with Crippen molar-refractivity contribution < 1.29 is 14.7 Å². The Bertz CT molecular complexity index is 816. The van der Waals surface area contributed by atoms with Crippen molar-refractivity contribution in [1.82, 2.24) is 20.3 Å². The third-order valence-corrected chi connectivity index (χ3v) is 3.83. The molecule has 1 amide bonds. The van der Waals surface area contributed by atoms with Gasteiger partial charge in [-0.25, -0.2) is 4.68 Å². The number of aromatic nitrogens is 3. The van der Waals surface area contributed by atoms with Gasteiger partial charge in [0.05, 0.1) is 17.8 Å². The summed E-state index contributed by atoms with van der Waals surface area (Å²) in [6.07, 6.45) is 0.520. The average molecular weight is 346 g/mol. The molecule has 1 aromatic carbocycles. The van der Waals surface area contributed by atoms with Gasteiger partial charge in [-0.2, -0.15) is 0 Å². The molecule has 0 saturated carbocycles. The summed E-state index contributed by atoms with van der Waals surface area (Å²) in [5.41, 5.74) is 0.202. The quantitative estimate of drug-likeness (QED) is 0.738. The first-order valence-corrected chi connectivity index (χ1v) is 8.20. The highest BCUT2D eigenvalue weighted by Gasteiger charge is 2.19. The molecule has 0 aliphatic heterocycles. The number of fused-ring (bicyclic) bond motifs is 1. The molecule has 134 valence electrons. The van der Waals surface area contributed by atoms with Crippen molar-refractivity contribution in [3.8, 4) is 0 Å². The summed E-state index contributed by atoms with van der Waals surface area (Å²) in [6.45, 7) is 4.03. The third-order valence-electron chi connectivity index (χ3n) is 3.83. The number of nitrogens with zero attached hydrogens (tertiary/aromatic N) is 3. The molecule has 2 aromatic rings. The van der Waals surface area contributed by atoms with E-state index in [0.29, 0.717) is 17.3 Å². The Morgan fingerprint density at radius 3 is 2.68 bits per heavy atom. The molecule has 0 fully saturated rings. The second-order valence-electron chi connectivity index (χ2n) is 6.35. The number of nitrogens with one attached hydrogen (secondary N) is 1. The maximum Gasteiger partial charge on any atom is 0.308 e. The van der Waals surface area contributed by atoms with Crippen molar-refractivity contribution in [2.45, 2.75) is 33.2 Å². The molecular formula is C17H22N4O4. The summed E-state index contributed by atoms with van der Waals surface area (Å²) >= 11 is 0.